The van der Waals surface area contributed by atoms with E-state index < -0.39 is 0 Å². The second-order valence-electron chi connectivity index (χ2n) is 5.87. The molecule has 19 heavy (non-hydrogen) atoms. The van der Waals surface area contributed by atoms with Crippen LogP contribution < -0.4 is 4.90 Å². The van der Waals surface area contributed by atoms with Crippen molar-refractivity contribution in [2.45, 2.75) is 19.3 Å². The highest BCUT2D eigenvalue weighted by atomic mass is 79.9. The molecule has 4 heteroatoms. The van der Waals surface area contributed by atoms with Crippen LogP contribution in [0, 0.1) is 23.7 Å². The molecule has 4 rings (SSSR count). The van der Waals surface area contributed by atoms with Gasteiger partial charge in [0.1, 0.15) is 0 Å². The van der Waals surface area contributed by atoms with Crippen LogP contribution in [0.5, 0.6) is 0 Å². The van der Waals surface area contributed by atoms with Crippen molar-refractivity contribution in [1.82, 2.24) is 0 Å². The van der Waals surface area contributed by atoms with E-state index in [9.17, 15) is 9.59 Å². The van der Waals surface area contributed by atoms with Crippen LogP contribution >= 0.6 is 15.9 Å². The topological polar surface area (TPSA) is 37.4 Å². The molecule has 0 aromatic heterocycles. The molecule has 2 amide bonds. The zero-order chi connectivity index (χ0) is 13.1. The summed E-state index contributed by atoms with van der Waals surface area (Å²) in [6.07, 6.45) is 3.33. The van der Waals surface area contributed by atoms with E-state index in [0.29, 0.717) is 17.5 Å². The fourth-order valence-corrected chi connectivity index (χ4v) is 4.52. The molecule has 1 heterocycles. The van der Waals surface area contributed by atoms with Crippen molar-refractivity contribution < 1.29 is 9.59 Å². The third kappa shape index (κ3) is 1.49. The minimum atomic E-state index is -0.0325. The molecule has 0 radical (unpaired) electrons. The van der Waals surface area contributed by atoms with Gasteiger partial charge in [-0.25, -0.2) is 0 Å². The number of imide groups is 1. The van der Waals surface area contributed by atoms with E-state index in [2.05, 4.69) is 15.9 Å². The predicted octanol–water partition coefficient (Wildman–Crippen LogP) is 2.98. The lowest BCUT2D eigenvalue weighted by Gasteiger charge is -2.19. The molecule has 3 aliphatic rings. The number of amides is 2. The highest BCUT2D eigenvalue weighted by Crippen LogP contribution is 2.56. The Balaban J connectivity index is 1.73. The molecule has 1 aliphatic heterocycles. The fraction of sp³-hybridized carbons (Fsp3) is 0.467. The summed E-state index contributed by atoms with van der Waals surface area (Å²) < 4.78 is 0.954. The molecular formula is C15H14BrNO2. The molecule has 4 atom stereocenters. The number of hydrogen-bond acceptors (Lipinski definition) is 2. The van der Waals surface area contributed by atoms with Crippen LogP contribution in [0.25, 0.3) is 0 Å². The monoisotopic (exact) mass is 319 g/mol. The fourth-order valence-electron chi connectivity index (χ4n) is 4.25. The van der Waals surface area contributed by atoms with Crippen molar-refractivity contribution in [2.75, 3.05) is 4.90 Å². The average Bonchev–Trinajstić information content (AvgIpc) is 3.06. The molecule has 0 N–H and O–H groups in total. The van der Waals surface area contributed by atoms with Crippen molar-refractivity contribution >= 4 is 33.4 Å². The number of hydrogen-bond donors (Lipinski definition) is 0. The molecule has 1 aromatic rings. The predicted molar refractivity (Wildman–Crippen MR) is 74.4 cm³/mol. The maximum atomic E-state index is 12.6. The van der Waals surface area contributed by atoms with Gasteiger partial charge in [-0.15, -0.1) is 0 Å². The number of fused-ring (bicyclic) bond motifs is 5. The van der Waals surface area contributed by atoms with Crippen molar-refractivity contribution in [3.8, 4) is 0 Å². The Morgan fingerprint density at radius 3 is 2.00 bits per heavy atom. The first kappa shape index (κ1) is 11.6. The average molecular weight is 320 g/mol. The Labute approximate surface area is 120 Å². The summed E-state index contributed by atoms with van der Waals surface area (Å²) >= 11 is 3.37. The first-order valence-corrected chi connectivity index (χ1v) is 7.59. The number of carbonyl (C=O) groups excluding carboxylic acids is 2. The van der Waals surface area contributed by atoms with Gasteiger partial charge in [0.05, 0.1) is 17.5 Å². The Morgan fingerprint density at radius 1 is 0.947 bits per heavy atom. The van der Waals surface area contributed by atoms with Crippen LogP contribution in [-0.4, -0.2) is 11.8 Å². The van der Waals surface area contributed by atoms with Gasteiger partial charge in [0, 0.05) is 4.47 Å². The standard InChI is InChI=1S/C15H14BrNO2/c16-10-3-5-11(6-4-10)17-14(18)12-8-1-2-9(7-8)13(12)15(17)19/h3-6,8-9,12-13H,1-2,7H2/t8-,9+,12-,13-/m0/s1. The van der Waals surface area contributed by atoms with Gasteiger partial charge in [-0.2, -0.15) is 0 Å². The van der Waals surface area contributed by atoms with Gasteiger partial charge in [-0.1, -0.05) is 15.9 Å². The van der Waals surface area contributed by atoms with Crippen molar-refractivity contribution in [1.29, 1.82) is 0 Å². The highest BCUT2D eigenvalue weighted by Gasteiger charge is 2.61. The van der Waals surface area contributed by atoms with Gasteiger partial charge in [0.2, 0.25) is 11.8 Å². The van der Waals surface area contributed by atoms with Gasteiger partial charge < -0.3 is 0 Å². The first-order chi connectivity index (χ1) is 9.16. The third-order valence-corrected chi connectivity index (χ3v) is 5.54. The Bertz CT molecular complexity index is 540. The second-order valence-corrected chi connectivity index (χ2v) is 6.79. The largest absolute Gasteiger partial charge is 0.274 e. The van der Waals surface area contributed by atoms with E-state index in [-0.39, 0.29) is 23.7 Å². The minimum Gasteiger partial charge on any atom is -0.274 e. The summed E-state index contributed by atoms with van der Waals surface area (Å²) in [4.78, 5) is 26.6. The maximum absolute atomic E-state index is 12.6. The lowest BCUT2D eigenvalue weighted by molar-refractivity contribution is -0.123. The molecule has 2 saturated carbocycles. The van der Waals surface area contributed by atoms with Gasteiger partial charge in [0.15, 0.2) is 0 Å². The number of benzene rings is 1. The number of rotatable bonds is 1. The summed E-state index contributed by atoms with van der Waals surface area (Å²) in [5, 5.41) is 0. The first-order valence-electron chi connectivity index (χ1n) is 6.80. The summed E-state index contributed by atoms with van der Waals surface area (Å²) in [7, 11) is 0. The molecular weight excluding hydrogens is 306 g/mol. The SMILES string of the molecule is O=C1[C@H]2[C@@H]3CC[C@@H](C3)[C@@H]2C(=O)N1c1ccc(Br)cc1. The van der Waals surface area contributed by atoms with E-state index in [1.807, 2.05) is 24.3 Å². The third-order valence-electron chi connectivity index (χ3n) is 5.01. The molecule has 3 nitrogen and oxygen atoms in total. The van der Waals surface area contributed by atoms with Crippen LogP contribution in [0.15, 0.2) is 28.7 Å². The Morgan fingerprint density at radius 2 is 1.47 bits per heavy atom. The van der Waals surface area contributed by atoms with Gasteiger partial charge in [-0.3, -0.25) is 14.5 Å². The summed E-state index contributed by atoms with van der Waals surface area (Å²) in [6, 6.07) is 7.42. The molecule has 1 aromatic carbocycles. The molecule has 3 fully saturated rings. The number of nitrogens with zero attached hydrogens (tertiary/aromatic N) is 1. The summed E-state index contributed by atoms with van der Waals surface area (Å²) in [5.74, 6) is 0.901. The van der Waals surface area contributed by atoms with E-state index in [1.165, 1.54) is 4.90 Å². The van der Waals surface area contributed by atoms with Crippen LogP contribution in [0.4, 0.5) is 5.69 Å². The molecule has 1 saturated heterocycles. The number of carbonyl (C=O) groups is 2. The van der Waals surface area contributed by atoms with Crippen LogP contribution in [0.1, 0.15) is 19.3 Å². The van der Waals surface area contributed by atoms with Gasteiger partial charge >= 0.3 is 0 Å². The Hall–Kier alpha value is -1.16. The highest BCUT2D eigenvalue weighted by molar-refractivity contribution is 9.10. The normalized spacial score (nSPS) is 36.2. The van der Waals surface area contributed by atoms with E-state index in [0.717, 1.165) is 23.7 Å². The molecule has 2 bridgehead atoms. The van der Waals surface area contributed by atoms with Crippen molar-refractivity contribution in [2.24, 2.45) is 23.7 Å². The van der Waals surface area contributed by atoms with E-state index in [1.54, 1.807) is 0 Å². The van der Waals surface area contributed by atoms with Gasteiger partial charge in [0.25, 0.3) is 0 Å². The van der Waals surface area contributed by atoms with Crippen LogP contribution in [-0.2, 0) is 9.59 Å². The van der Waals surface area contributed by atoms with Crippen molar-refractivity contribution in [3.05, 3.63) is 28.7 Å². The molecule has 2 aliphatic carbocycles. The zero-order valence-electron chi connectivity index (χ0n) is 10.4. The second kappa shape index (κ2) is 3.92. The quantitative estimate of drug-likeness (QED) is 0.746. The summed E-state index contributed by atoms with van der Waals surface area (Å²) in [5.41, 5.74) is 0.715. The lowest BCUT2D eigenvalue weighted by Crippen LogP contribution is -2.32. The minimum absolute atomic E-state index is 0.0320. The lowest BCUT2D eigenvalue weighted by atomic mass is 9.81. The molecule has 0 unspecified atom stereocenters. The van der Waals surface area contributed by atoms with Crippen molar-refractivity contribution in [3.63, 3.8) is 0 Å². The van der Waals surface area contributed by atoms with E-state index >= 15 is 0 Å². The molecule has 98 valence electrons. The van der Waals surface area contributed by atoms with Gasteiger partial charge in [-0.05, 0) is 55.4 Å². The Kier molecular flexibility index (Phi) is 2.40. The van der Waals surface area contributed by atoms with E-state index in [4.69, 9.17) is 0 Å². The van der Waals surface area contributed by atoms with Crippen LogP contribution in [0.3, 0.4) is 0 Å². The smallest absolute Gasteiger partial charge is 0.237 e. The zero-order valence-corrected chi connectivity index (χ0v) is 12.0. The molecule has 0 spiro atoms. The summed E-state index contributed by atoms with van der Waals surface area (Å²) in [6.45, 7) is 0. The maximum Gasteiger partial charge on any atom is 0.237 e. The van der Waals surface area contributed by atoms with Crippen LogP contribution in [0.2, 0.25) is 0 Å². The number of halogens is 1. The number of anilines is 1.